The molecule has 0 amide bonds. The Morgan fingerprint density at radius 2 is 2.00 bits per heavy atom. The maximum Gasteiger partial charge on any atom is 0.191 e. The zero-order valence-electron chi connectivity index (χ0n) is 16.4. The molecule has 0 spiro atoms. The van der Waals surface area contributed by atoms with Crippen molar-refractivity contribution in [2.45, 2.75) is 46.1 Å². The van der Waals surface area contributed by atoms with E-state index >= 15 is 0 Å². The van der Waals surface area contributed by atoms with Crippen LogP contribution in [0.2, 0.25) is 0 Å². The molecule has 0 unspecified atom stereocenters. The lowest BCUT2D eigenvalue weighted by Gasteiger charge is -2.14. The zero-order chi connectivity index (χ0) is 19.0. The molecule has 1 aromatic heterocycles. The van der Waals surface area contributed by atoms with Crippen LogP contribution >= 0.6 is 11.3 Å². The van der Waals surface area contributed by atoms with Gasteiger partial charge >= 0.3 is 0 Å². The van der Waals surface area contributed by atoms with Crippen LogP contribution in [0, 0.1) is 0 Å². The summed E-state index contributed by atoms with van der Waals surface area (Å²) in [5.41, 5.74) is 2.38. The lowest BCUT2D eigenvalue weighted by molar-refractivity contribution is 0.336. The van der Waals surface area contributed by atoms with E-state index in [-0.39, 0.29) is 5.41 Å². The first-order valence-electron chi connectivity index (χ1n) is 9.04. The van der Waals surface area contributed by atoms with Crippen molar-refractivity contribution in [3.63, 3.8) is 0 Å². The zero-order valence-corrected chi connectivity index (χ0v) is 17.2. The summed E-state index contributed by atoms with van der Waals surface area (Å²) in [5.74, 6) is 1.69. The molecule has 0 saturated heterocycles. The summed E-state index contributed by atoms with van der Waals surface area (Å²) in [4.78, 5) is 9.02. The number of nitrogens with zero attached hydrogens (tertiary/aromatic N) is 2. The molecule has 0 atom stereocenters. The van der Waals surface area contributed by atoms with E-state index in [1.54, 1.807) is 18.4 Å². The maximum absolute atomic E-state index is 5.66. The Morgan fingerprint density at radius 3 is 2.65 bits per heavy atom. The van der Waals surface area contributed by atoms with Crippen LogP contribution in [0.3, 0.4) is 0 Å². The summed E-state index contributed by atoms with van der Waals surface area (Å²) < 4.78 is 5.66. The Bertz CT molecular complexity index is 719. The van der Waals surface area contributed by atoms with Gasteiger partial charge in [0.15, 0.2) is 5.96 Å². The largest absolute Gasteiger partial charge is 0.494 e. The molecule has 0 aliphatic carbocycles. The summed E-state index contributed by atoms with van der Waals surface area (Å²) in [7, 11) is 1.78. The van der Waals surface area contributed by atoms with Gasteiger partial charge in [0.2, 0.25) is 0 Å². The van der Waals surface area contributed by atoms with Gasteiger partial charge in [0.25, 0.3) is 0 Å². The van der Waals surface area contributed by atoms with Crippen molar-refractivity contribution >= 4 is 17.3 Å². The van der Waals surface area contributed by atoms with E-state index in [1.807, 2.05) is 25.1 Å². The highest BCUT2D eigenvalue weighted by Crippen LogP contribution is 2.23. The monoisotopic (exact) mass is 374 g/mol. The maximum atomic E-state index is 5.66. The highest BCUT2D eigenvalue weighted by Gasteiger charge is 2.17. The first-order valence-corrected chi connectivity index (χ1v) is 9.92. The molecule has 0 radical (unpaired) electrons. The van der Waals surface area contributed by atoms with Crippen LogP contribution in [0.1, 0.15) is 44.0 Å². The molecule has 2 rings (SSSR count). The molecule has 0 saturated carbocycles. The van der Waals surface area contributed by atoms with Crippen molar-refractivity contribution in [2.75, 3.05) is 20.2 Å². The van der Waals surface area contributed by atoms with Gasteiger partial charge < -0.3 is 15.4 Å². The second-order valence-corrected chi connectivity index (χ2v) is 7.96. The molecule has 1 heterocycles. The van der Waals surface area contributed by atoms with Crippen LogP contribution < -0.4 is 15.4 Å². The second kappa shape index (κ2) is 9.57. The number of aromatic nitrogens is 1. The molecule has 5 nitrogen and oxygen atoms in total. The predicted octanol–water partition coefficient (Wildman–Crippen LogP) is 3.75. The fourth-order valence-corrected chi connectivity index (χ4v) is 3.43. The van der Waals surface area contributed by atoms with Crippen molar-refractivity contribution in [1.29, 1.82) is 0 Å². The Balaban J connectivity index is 1.82. The number of benzene rings is 1. The average Bonchev–Trinajstić information content (AvgIpc) is 3.08. The molecule has 6 heteroatoms. The highest BCUT2D eigenvalue weighted by atomic mass is 32.1. The smallest absolute Gasteiger partial charge is 0.191 e. The topological polar surface area (TPSA) is 58.5 Å². The SMILES string of the molecule is CCOc1ccccc1CNC(=NC)NCCc1nc(C(C)(C)C)cs1. The Kier molecular flexibility index (Phi) is 7.45. The van der Waals surface area contributed by atoms with Crippen molar-refractivity contribution < 1.29 is 4.74 Å². The van der Waals surface area contributed by atoms with Gasteiger partial charge in [0.1, 0.15) is 5.75 Å². The number of rotatable bonds is 7. The molecule has 2 aromatic rings. The third-order valence-electron chi connectivity index (χ3n) is 3.89. The van der Waals surface area contributed by atoms with E-state index in [9.17, 15) is 0 Å². The minimum Gasteiger partial charge on any atom is -0.494 e. The fraction of sp³-hybridized carbons (Fsp3) is 0.500. The Hall–Kier alpha value is -2.08. The van der Waals surface area contributed by atoms with Gasteiger partial charge in [-0.25, -0.2) is 4.98 Å². The van der Waals surface area contributed by atoms with Crippen molar-refractivity contribution in [2.24, 2.45) is 4.99 Å². The van der Waals surface area contributed by atoms with Crippen LogP contribution in [0.15, 0.2) is 34.6 Å². The van der Waals surface area contributed by atoms with E-state index in [2.05, 4.69) is 47.8 Å². The molecule has 1 aromatic carbocycles. The second-order valence-electron chi connectivity index (χ2n) is 7.02. The van der Waals surface area contributed by atoms with Gasteiger partial charge in [-0.1, -0.05) is 39.0 Å². The molecule has 26 heavy (non-hydrogen) atoms. The van der Waals surface area contributed by atoms with Gasteiger partial charge in [0, 0.05) is 42.9 Å². The fourth-order valence-electron chi connectivity index (χ4n) is 2.40. The summed E-state index contributed by atoms with van der Waals surface area (Å²) in [6.45, 7) is 10.7. The Morgan fingerprint density at radius 1 is 1.23 bits per heavy atom. The highest BCUT2D eigenvalue weighted by molar-refractivity contribution is 7.09. The van der Waals surface area contributed by atoms with E-state index in [4.69, 9.17) is 9.72 Å². The average molecular weight is 375 g/mol. The number of hydrogen-bond donors (Lipinski definition) is 2. The van der Waals surface area contributed by atoms with Gasteiger partial charge in [0.05, 0.1) is 17.3 Å². The molecular formula is C20H30N4OS. The van der Waals surface area contributed by atoms with Crippen LogP contribution in [0.4, 0.5) is 0 Å². The van der Waals surface area contributed by atoms with Gasteiger partial charge in [-0.15, -0.1) is 11.3 Å². The first-order chi connectivity index (χ1) is 12.4. The number of para-hydroxylation sites is 1. The molecule has 0 aliphatic heterocycles. The van der Waals surface area contributed by atoms with Gasteiger partial charge in [-0.2, -0.15) is 0 Å². The van der Waals surface area contributed by atoms with Crippen molar-refractivity contribution in [3.8, 4) is 5.75 Å². The summed E-state index contributed by atoms with van der Waals surface area (Å²) in [6, 6.07) is 8.06. The van der Waals surface area contributed by atoms with Crippen LogP contribution in [0.5, 0.6) is 5.75 Å². The molecule has 0 fully saturated rings. The van der Waals surface area contributed by atoms with Gasteiger partial charge in [-0.3, -0.25) is 4.99 Å². The van der Waals surface area contributed by atoms with Crippen molar-refractivity contribution in [3.05, 3.63) is 45.9 Å². The third kappa shape index (κ3) is 6.02. The quantitative estimate of drug-likeness (QED) is 0.572. The first kappa shape index (κ1) is 20.2. The van der Waals surface area contributed by atoms with E-state index in [0.29, 0.717) is 13.2 Å². The predicted molar refractivity (Wildman–Crippen MR) is 110 cm³/mol. The lowest BCUT2D eigenvalue weighted by Crippen LogP contribution is -2.37. The number of aliphatic imine (C=N–C) groups is 1. The molecule has 142 valence electrons. The number of thiazole rings is 1. The molecule has 2 N–H and O–H groups in total. The number of hydrogen-bond acceptors (Lipinski definition) is 4. The number of ether oxygens (including phenoxy) is 1. The normalized spacial score (nSPS) is 12.1. The summed E-state index contributed by atoms with van der Waals surface area (Å²) in [6.07, 6.45) is 0.886. The van der Waals surface area contributed by atoms with Crippen LogP contribution in [0.25, 0.3) is 0 Å². The summed E-state index contributed by atoms with van der Waals surface area (Å²) in [5, 5.41) is 10.0. The molecule has 0 aliphatic rings. The van der Waals surface area contributed by atoms with E-state index in [1.165, 1.54) is 0 Å². The number of guanidine groups is 1. The lowest BCUT2D eigenvalue weighted by atomic mass is 9.93. The van der Waals surface area contributed by atoms with Crippen LogP contribution in [-0.4, -0.2) is 31.1 Å². The minimum absolute atomic E-state index is 0.105. The van der Waals surface area contributed by atoms with Crippen molar-refractivity contribution in [1.82, 2.24) is 15.6 Å². The van der Waals surface area contributed by atoms with Gasteiger partial charge in [-0.05, 0) is 13.0 Å². The minimum atomic E-state index is 0.105. The standard InChI is InChI=1S/C20H30N4OS/c1-6-25-16-10-8-7-9-15(16)13-23-19(21-5)22-12-11-18-24-17(14-26-18)20(2,3)4/h7-10,14H,6,11-13H2,1-5H3,(H2,21,22,23). The summed E-state index contributed by atoms with van der Waals surface area (Å²) >= 11 is 1.73. The van der Waals surface area contributed by atoms with Crippen LogP contribution in [-0.2, 0) is 18.4 Å². The number of nitrogens with one attached hydrogen (secondary N) is 2. The molecule has 0 bridgehead atoms. The Labute approximate surface area is 160 Å². The van der Waals surface area contributed by atoms with E-state index < -0.39 is 0 Å². The van der Waals surface area contributed by atoms with E-state index in [0.717, 1.165) is 40.9 Å². The molecular weight excluding hydrogens is 344 g/mol. The third-order valence-corrected chi connectivity index (χ3v) is 4.80.